The number of imidazole rings is 1. The first-order chi connectivity index (χ1) is 19.6. The molecule has 2 aliphatic rings. The van der Waals surface area contributed by atoms with Crippen LogP contribution >= 0.6 is 0 Å². The van der Waals surface area contributed by atoms with Gasteiger partial charge in [-0.25, -0.2) is 4.79 Å². The van der Waals surface area contributed by atoms with Gasteiger partial charge >= 0.3 is 5.69 Å². The van der Waals surface area contributed by atoms with Crippen LogP contribution in [-0.4, -0.2) is 51.5 Å². The topological polar surface area (TPSA) is 68.9 Å². The van der Waals surface area contributed by atoms with Crippen molar-refractivity contribution in [3.8, 4) is 22.9 Å². The Bertz CT molecular complexity index is 1430. The van der Waals surface area contributed by atoms with E-state index in [0.717, 1.165) is 73.8 Å². The van der Waals surface area contributed by atoms with E-state index in [9.17, 15) is 9.90 Å². The summed E-state index contributed by atoms with van der Waals surface area (Å²) in [5.74, 6) is 1.62. The van der Waals surface area contributed by atoms with Crippen LogP contribution in [0.15, 0.2) is 96.1 Å². The normalized spacial score (nSPS) is 17.6. The molecule has 1 aliphatic carbocycles. The van der Waals surface area contributed by atoms with Crippen molar-refractivity contribution in [2.45, 2.75) is 50.2 Å². The number of hydrogen-bond donors (Lipinski definition) is 1. The minimum Gasteiger partial charge on any atom is -0.492 e. The lowest BCUT2D eigenvalue weighted by Gasteiger charge is -2.38. The van der Waals surface area contributed by atoms with Crippen molar-refractivity contribution in [1.82, 2.24) is 14.0 Å². The molecule has 0 bridgehead atoms. The highest BCUT2D eigenvalue weighted by Crippen LogP contribution is 2.32. The Hall–Kier alpha value is -3.81. The molecule has 7 nitrogen and oxygen atoms in total. The van der Waals surface area contributed by atoms with E-state index in [2.05, 4.69) is 4.90 Å². The largest absolute Gasteiger partial charge is 0.492 e. The van der Waals surface area contributed by atoms with E-state index < -0.39 is 5.60 Å². The van der Waals surface area contributed by atoms with Crippen molar-refractivity contribution in [2.75, 3.05) is 26.2 Å². The summed E-state index contributed by atoms with van der Waals surface area (Å²) in [6, 6.07) is 25.3. The van der Waals surface area contributed by atoms with Gasteiger partial charge in [-0.3, -0.25) is 14.0 Å². The Balaban J connectivity index is 1.01. The molecule has 208 valence electrons. The average Bonchev–Trinajstić information content (AvgIpc) is 3.65. The summed E-state index contributed by atoms with van der Waals surface area (Å²) in [5, 5.41) is 11.0. The SMILES string of the molecule is O=c1n(-c2ccc(OCCN3CCC(O)(c4ccccc4)CC3)cc2)ccn1-c1ccc(OC2CCCC2)cc1. The molecule has 0 spiro atoms. The number of nitrogens with zero attached hydrogens (tertiary/aromatic N) is 3. The van der Waals surface area contributed by atoms with Gasteiger partial charge in [0.25, 0.3) is 0 Å². The number of likely N-dealkylation sites (tertiary alicyclic amines) is 1. The molecule has 3 aromatic carbocycles. The number of aliphatic hydroxyl groups is 1. The third-order valence-corrected chi connectivity index (χ3v) is 8.28. The predicted molar refractivity (Wildman–Crippen MR) is 156 cm³/mol. The molecule has 1 aliphatic heterocycles. The molecule has 0 atom stereocenters. The van der Waals surface area contributed by atoms with Gasteiger partial charge in [0.1, 0.15) is 18.1 Å². The van der Waals surface area contributed by atoms with Crippen molar-refractivity contribution in [2.24, 2.45) is 0 Å². The van der Waals surface area contributed by atoms with E-state index in [0.29, 0.717) is 12.7 Å². The van der Waals surface area contributed by atoms with E-state index in [-0.39, 0.29) is 5.69 Å². The van der Waals surface area contributed by atoms with E-state index in [1.54, 1.807) is 21.5 Å². The maximum atomic E-state index is 13.1. The van der Waals surface area contributed by atoms with Crippen LogP contribution in [0.5, 0.6) is 11.5 Å². The zero-order chi connectivity index (χ0) is 27.4. The minimum atomic E-state index is -0.738. The quantitative estimate of drug-likeness (QED) is 0.312. The van der Waals surface area contributed by atoms with Crippen LogP contribution < -0.4 is 15.2 Å². The second kappa shape index (κ2) is 11.7. The Morgan fingerprint density at radius 1 is 0.775 bits per heavy atom. The lowest BCUT2D eigenvalue weighted by molar-refractivity contribution is -0.0278. The molecule has 0 radical (unpaired) electrons. The molecule has 7 heteroatoms. The second-order valence-electron chi connectivity index (χ2n) is 10.9. The Labute approximate surface area is 235 Å². The molecule has 2 heterocycles. The van der Waals surface area contributed by atoms with Crippen LogP contribution in [0.4, 0.5) is 0 Å². The molecule has 0 unspecified atom stereocenters. The van der Waals surface area contributed by atoms with Gasteiger partial charge in [0.2, 0.25) is 0 Å². The summed E-state index contributed by atoms with van der Waals surface area (Å²) in [5.41, 5.74) is 1.73. The fourth-order valence-corrected chi connectivity index (χ4v) is 5.83. The molecule has 2 fully saturated rings. The lowest BCUT2D eigenvalue weighted by atomic mass is 9.84. The van der Waals surface area contributed by atoms with Gasteiger partial charge in [-0.2, -0.15) is 0 Å². The van der Waals surface area contributed by atoms with Crippen molar-refractivity contribution in [3.63, 3.8) is 0 Å². The molecule has 1 saturated heterocycles. The van der Waals surface area contributed by atoms with Crippen LogP contribution in [-0.2, 0) is 5.60 Å². The Morgan fingerprint density at radius 2 is 1.35 bits per heavy atom. The maximum Gasteiger partial charge on any atom is 0.337 e. The number of hydrogen-bond acceptors (Lipinski definition) is 5. The third-order valence-electron chi connectivity index (χ3n) is 8.28. The summed E-state index contributed by atoms with van der Waals surface area (Å²) in [6.07, 6.45) is 10.0. The standard InChI is InChI=1S/C33H37N3O4/c37-32-35(22-23-36(32)28-12-16-31(17-13-28)40-30-8-4-5-9-30)27-10-14-29(15-11-27)39-25-24-34-20-18-33(38,19-21-34)26-6-2-1-3-7-26/h1-3,6-7,10-17,22-23,30,38H,4-5,8-9,18-21,24-25H2. The molecule has 1 aromatic heterocycles. The van der Waals surface area contributed by atoms with Crippen molar-refractivity contribution < 1.29 is 14.6 Å². The molecule has 1 N–H and O–H groups in total. The van der Waals surface area contributed by atoms with Gasteiger partial charge < -0.3 is 14.6 Å². The van der Waals surface area contributed by atoms with Crippen LogP contribution in [0, 0.1) is 0 Å². The summed E-state index contributed by atoms with van der Waals surface area (Å²) < 4.78 is 15.3. The van der Waals surface area contributed by atoms with Crippen molar-refractivity contribution >= 4 is 0 Å². The zero-order valence-electron chi connectivity index (χ0n) is 22.8. The van der Waals surface area contributed by atoms with Crippen LogP contribution in [0.3, 0.4) is 0 Å². The van der Waals surface area contributed by atoms with E-state index in [1.165, 1.54) is 12.8 Å². The number of piperidine rings is 1. The molecular weight excluding hydrogens is 502 g/mol. The molecule has 0 amide bonds. The van der Waals surface area contributed by atoms with E-state index >= 15 is 0 Å². The van der Waals surface area contributed by atoms with E-state index in [1.807, 2.05) is 78.9 Å². The fourth-order valence-electron chi connectivity index (χ4n) is 5.83. The molecular formula is C33H37N3O4. The monoisotopic (exact) mass is 539 g/mol. The first-order valence-electron chi connectivity index (χ1n) is 14.4. The molecule has 1 saturated carbocycles. The van der Waals surface area contributed by atoms with Gasteiger partial charge in [0.05, 0.1) is 23.1 Å². The summed E-state index contributed by atoms with van der Waals surface area (Å²) in [4.78, 5) is 15.5. The van der Waals surface area contributed by atoms with Crippen LogP contribution in [0.25, 0.3) is 11.4 Å². The summed E-state index contributed by atoms with van der Waals surface area (Å²) >= 11 is 0. The third kappa shape index (κ3) is 5.86. The first kappa shape index (κ1) is 26.4. The van der Waals surface area contributed by atoms with Crippen LogP contribution in [0.1, 0.15) is 44.1 Å². The number of rotatable bonds is 9. The van der Waals surface area contributed by atoms with Crippen LogP contribution in [0.2, 0.25) is 0 Å². The predicted octanol–water partition coefficient (Wildman–Crippen LogP) is 5.31. The average molecular weight is 540 g/mol. The number of benzene rings is 3. The molecule has 6 rings (SSSR count). The van der Waals surface area contributed by atoms with Gasteiger partial charge in [-0.15, -0.1) is 0 Å². The van der Waals surface area contributed by atoms with Crippen molar-refractivity contribution in [1.29, 1.82) is 0 Å². The highest BCUT2D eigenvalue weighted by Gasteiger charge is 2.33. The maximum absolute atomic E-state index is 13.1. The highest BCUT2D eigenvalue weighted by atomic mass is 16.5. The zero-order valence-corrected chi connectivity index (χ0v) is 22.8. The number of ether oxygens (including phenoxy) is 2. The van der Waals surface area contributed by atoms with E-state index in [4.69, 9.17) is 9.47 Å². The second-order valence-corrected chi connectivity index (χ2v) is 10.9. The Kier molecular flexibility index (Phi) is 7.75. The lowest BCUT2D eigenvalue weighted by Crippen LogP contribution is -2.43. The van der Waals surface area contributed by atoms with Gasteiger partial charge in [0.15, 0.2) is 0 Å². The summed E-state index contributed by atoms with van der Waals surface area (Å²) in [7, 11) is 0. The molecule has 40 heavy (non-hydrogen) atoms. The number of aromatic nitrogens is 2. The van der Waals surface area contributed by atoms with Crippen molar-refractivity contribution in [3.05, 3.63) is 107 Å². The Morgan fingerprint density at radius 3 is 1.95 bits per heavy atom. The van der Waals surface area contributed by atoms with Gasteiger partial charge in [0, 0.05) is 32.0 Å². The van der Waals surface area contributed by atoms with Gasteiger partial charge in [-0.1, -0.05) is 30.3 Å². The first-order valence-corrected chi connectivity index (χ1v) is 14.4. The molecule has 4 aromatic rings. The van der Waals surface area contributed by atoms with Gasteiger partial charge in [-0.05, 0) is 92.6 Å². The minimum absolute atomic E-state index is 0.126. The fraction of sp³-hybridized carbons (Fsp3) is 0.364. The highest BCUT2D eigenvalue weighted by molar-refractivity contribution is 5.40. The summed E-state index contributed by atoms with van der Waals surface area (Å²) in [6.45, 7) is 3.05. The smallest absolute Gasteiger partial charge is 0.337 e.